The fourth-order valence-electron chi connectivity index (χ4n) is 3.60. The standard InChI is InChI=1S/C17H26N2/c1-13-7-8-14(2)19(11-13)12-15-9-16-5-3-4-6-17(16)18-10-15/h3-6,13-15,18H,7-12H2,1-2H3. The van der Waals surface area contributed by atoms with Gasteiger partial charge >= 0.3 is 0 Å². The van der Waals surface area contributed by atoms with Gasteiger partial charge in [0.25, 0.3) is 0 Å². The molecule has 0 aromatic heterocycles. The normalized spacial score (nSPS) is 31.6. The van der Waals surface area contributed by atoms with Crippen LogP contribution in [0.25, 0.3) is 0 Å². The zero-order valence-corrected chi connectivity index (χ0v) is 12.2. The lowest BCUT2D eigenvalue weighted by Crippen LogP contribution is -2.45. The Labute approximate surface area is 117 Å². The van der Waals surface area contributed by atoms with Crippen LogP contribution in [0.2, 0.25) is 0 Å². The number of hydrogen-bond donors (Lipinski definition) is 1. The van der Waals surface area contributed by atoms with Crippen molar-refractivity contribution < 1.29 is 0 Å². The summed E-state index contributed by atoms with van der Waals surface area (Å²) in [5, 5.41) is 3.60. The first-order valence-corrected chi connectivity index (χ1v) is 7.78. The molecule has 1 fully saturated rings. The van der Waals surface area contributed by atoms with Crippen molar-refractivity contribution in [3.8, 4) is 0 Å². The molecule has 0 radical (unpaired) electrons. The van der Waals surface area contributed by atoms with Crippen LogP contribution in [-0.4, -0.2) is 30.6 Å². The van der Waals surface area contributed by atoms with Gasteiger partial charge in [-0.05, 0) is 49.7 Å². The van der Waals surface area contributed by atoms with Gasteiger partial charge in [0.1, 0.15) is 0 Å². The average molecular weight is 258 g/mol. The Balaban J connectivity index is 1.62. The Bertz CT molecular complexity index is 429. The van der Waals surface area contributed by atoms with E-state index < -0.39 is 0 Å². The van der Waals surface area contributed by atoms with Gasteiger partial charge in [-0.1, -0.05) is 25.1 Å². The molecule has 19 heavy (non-hydrogen) atoms. The largest absolute Gasteiger partial charge is 0.384 e. The lowest BCUT2D eigenvalue weighted by Gasteiger charge is -2.40. The second-order valence-electron chi connectivity index (χ2n) is 6.59. The molecule has 2 aliphatic heterocycles. The maximum Gasteiger partial charge on any atom is 0.0372 e. The third-order valence-corrected chi connectivity index (χ3v) is 4.85. The van der Waals surface area contributed by atoms with E-state index in [1.54, 1.807) is 0 Å². The van der Waals surface area contributed by atoms with E-state index in [0.717, 1.165) is 24.4 Å². The highest BCUT2D eigenvalue weighted by atomic mass is 15.2. The predicted molar refractivity (Wildman–Crippen MR) is 81.6 cm³/mol. The quantitative estimate of drug-likeness (QED) is 0.874. The minimum Gasteiger partial charge on any atom is -0.384 e. The van der Waals surface area contributed by atoms with E-state index in [1.807, 2.05) is 0 Å². The lowest BCUT2D eigenvalue weighted by atomic mass is 9.90. The number of rotatable bonds is 2. The maximum atomic E-state index is 3.60. The Morgan fingerprint density at radius 3 is 2.95 bits per heavy atom. The van der Waals surface area contributed by atoms with Crippen LogP contribution in [0.4, 0.5) is 5.69 Å². The molecule has 2 heterocycles. The topological polar surface area (TPSA) is 15.3 Å². The molecule has 1 aromatic rings. The van der Waals surface area contributed by atoms with Crippen molar-refractivity contribution in [2.45, 2.75) is 39.2 Å². The summed E-state index contributed by atoms with van der Waals surface area (Å²) < 4.78 is 0. The summed E-state index contributed by atoms with van der Waals surface area (Å²) in [5.41, 5.74) is 2.84. The Kier molecular flexibility index (Phi) is 3.79. The van der Waals surface area contributed by atoms with Crippen molar-refractivity contribution in [1.82, 2.24) is 4.90 Å². The molecular formula is C17H26N2. The van der Waals surface area contributed by atoms with Crippen LogP contribution in [0.1, 0.15) is 32.3 Å². The first-order valence-electron chi connectivity index (χ1n) is 7.78. The van der Waals surface area contributed by atoms with Crippen molar-refractivity contribution >= 4 is 5.69 Å². The number of benzene rings is 1. The lowest BCUT2D eigenvalue weighted by molar-refractivity contribution is 0.106. The Morgan fingerprint density at radius 1 is 1.21 bits per heavy atom. The molecule has 2 heteroatoms. The molecule has 0 aliphatic carbocycles. The zero-order chi connectivity index (χ0) is 13.2. The Hall–Kier alpha value is -1.02. The van der Waals surface area contributed by atoms with Gasteiger partial charge in [0.05, 0.1) is 0 Å². The van der Waals surface area contributed by atoms with Gasteiger partial charge in [0, 0.05) is 31.4 Å². The second kappa shape index (κ2) is 5.54. The smallest absolute Gasteiger partial charge is 0.0372 e. The molecule has 0 saturated carbocycles. The summed E-state index contributed by atoms with van der Waals surface area (Å²) in [6, 6.07) is 9.54. The van der Waals surface area contributed by atoms with Gasteiger partial charge < -0.3 is 10.2 Å². The summed E-state index contributed by atoms with van der Waals surface area (Å²) in [6.45, 7) is 8.48. The number of anilines is 1. The van der Waals surface area contributed by atoms with Crippen molar-refractivity contribution in [1.29, 1.82) is 0 Å². The number of nitrogens with one attached hydrogen (secondary N) is 1. The molecule has 1 saturated heterocycles. The van der Waals surface area contributed by atoms with Crippen LogP contribution in [0.5, 0.6) is 0 Å². The van der Waals surface area contributed by atoms with Gasteiger partial charge in [-0.15, -0.1) is 0 Å². The first-order chi connectivity index (χ1) is 9.22. The predicted octanol–water partition coefficient (Wildman–Crippen LogP) is 3.39. The van der Waals surface area contributed by atoms with Crippen LogP contribution in [0.15, 0.2) is 24.3 Å². The van der Waals surface area contributed by atoms with Crippen LogP contribution >= 0.6 is 0 Å². The van der Waals surface area contributed by atoms with Gasteiger partial charge in [-0.2, -0.15) is 0 Å². The van der Waals surface area contributed by atoms with E-state index in [2.05, 4.69) is 48.3 Å². The number of hydrogen-bond acceptors (Lipinski definition) is 2. The number of fused-ring (bicyclic) bond motifs is 1. The number of piperidine rings is 1. The van der Waals surface area contributed by atoms with Crippen LogP contribution < -0.4 is 5.32 Å². The van der Waals surface area contributed by atoms with Crippen molar-refractivity contribution in [3.05, 3.63) is 29.8 Å². The fraction of sp³-hybridized carbons (Fsp3) is 0.647. The van der Waals surface area contributed by atoms with Gasteiger partial charge in [0.15, 0.2) is 0 Å². The highest BCUT2D eigenvalue weighted by Crippen LogP contribution is 2.27. The maximum absolute atomic E-state index is 3.60. The fourth-order valence-corrected chi connectivity index (χ4v) is 3.60. The summed E-state index contributed by atoms with van der Waals surface area (Å²) in [7, 11) is 0. The first kappa shape index (κ1) is 13.0. The zero-order valence-electron chi connectivity index (χ0n) is 12.2. The Morgan fingerprint density at radius 2 is 2.05 bits per heavy atom. The van der Waals surface area contributed by atoms with Crippen molar-refractivity contribution in [2.24, 2.45) is 11.8 Å². The molecule has 2 nitrogen and oxygen atoms in total. The summed E-state index contributed by atoms with van der Waals surface area (Å²) >= 11 is 0. The summed E-state index contributed by atoms with van der Waals surface area (Å²) in [4.78, 5) is 2.72. The van der Waals surface area contributed by atoms with Crippen molar-refractivity contribution in [3.63, 3.8) is 0 Å². The molecule has 0 bridgehead atoms. The van der Waals surface area contributed by atoms with E-state index in [-0.39, 0.29) is 0 Å². The molecule has 0 amide bonds. The molecule has 104 valence electrons. The van der Waals surface area contributed by atoms with E-state index in [1.165, 1.54) is 43.6 Å². The minimum atomic E-state index is 0.766. The van der Waals surface area contributed by atoms with Crippen molar-refractivity contribution in [2.75, 3.05) is 25.0 Å². The summed E-state index contributed by atoms with van der Waals surface area (Å²) in [6.07, 6.45) is 4.02. The monoisotopic (exact) mass is 258 g/mol. The minimum absolute atomic E-state index is 0.766. The molecule has 0 spiro atoms. The molecule has 3 atom stereocenters. The molecule has 1 aromatic carbocycles. The van der Waals surface area contributed by atoms with Gasteiger partial charge in [-0.25, -0.2) is 0 Å². The highest BCUT2D eigenvalue weighted by Gasteiger charge is 2.26. The summed E-state index contributed by atoms with van der Waals surface area (Å²) in [5.74, 6) is 1.64. The second-order valence-corrected chi connectivity index (χ2v) is 6.59. The number of para-hydroxylation sites is 1. The van der Waals surface area contributed by atoms with E-state index in [0.29, 0.717) is 0 Å². The molecule has 3 rings (SSSR count). The van der Waals surface area contributed by atoms with Crippen LogP contribution in [0.3, 0.4) is 0 Å². The number of likely N-dealkylation sites (tertiary alicyclic amines) is 1. The van der Waals surface area contributed by atoms with Gasteiger partial charge in [-0.3, -0.25) is 0 Å². The average Bonchev–Trinajstić information content (AvgIpc) is 2.43. The third-order valence-electron chi connectivity index (χ3n) is 4.85. The number of nitrogens with zero attached hydrogens (tertiary/aromatic N) is 1. The highest BCUT2D eigenvalue weighted by molar-refractivity contribution is 5.53. The van der Waals surface area contributed by atoms with Crippen LogP contribution in [0, 0.1) is 11.8 Å². The van der Waals surface area contributed by atoms with Gasteiger partial charge in [0.2, 0.25) is 0 Å². The SMILES string of the molecule is CC1CCC(C)N(CC2CNc3ccccc3C2)C1. The molecular weight excluding hydrogens is 232 g/mol. The van der Waals surface area contributed by atoms with Crippen LogP contribution in [-0.2, 0) is 6.42 Å². The van der Waals surface area contributed by atoms with E-state index in [9.17, 15) is 0 Å². The van der Waals surface area contributed by atoms with E-state index in [4.69, 9.17) is 0 Å². The molecule has 3 unspecified atom stereocenters. The molecule has 1 N–H and O–H groups in total. The molecule has 2 aliphatic rings. The third kappa shape index (κ3) is 2.94. The van der Waals surface area contributed by atoms with E-state index >= 15 is 0 Å².